The first-order valence-electron chi connectivity index (χ1n) is 5.69. The summed E-state index contributed by atoms with van der Waals surface area (Å²) in [7, 11) is 1.45. The number of hydrogen-bond acceptors (Lipinski definition) is 2. The molecule has 0 saturated heterocycles. The molecule has 0 aliphatic carbocycles. The van der Waals surface area contributed by atoms with Crippen molar-refractivity contribution in [2.24, 2.45) is 0 Å². The highest BCUT2D eigenvalue weighted by molar-refractivity contribution is 9.10. The maximum absolute atomic E-state index is 13.5. The van der Waals surface area contributed by atoms with Crippen molar-refractivity contribution in [2.75, 3.05) is 18.9 Å². The van der Waals surface area contributed by atoms with Crippen LogP contribution in [0.3, 0.4) is 0 Å². The number of halogens is 3. The number of carbonyl (C=O) groups is 2. The number of carbonyl (C=O) groups excluding carboxylic acids is 1. The first kappa shape index (κ1) is 16.4. The van der Waals surface area contributed by atoms with E-state index in [-0.39, 0.29) is 29.5 Å². The van der Waals surface area contributed by atoms with E-state index in [1.165, 1.54) is 11.9 Å². The summed E-state index contributed by atoms with van der Waals surface area (Å²) < 4.78 is 26.5. The Kier molecular flexibility index (Phi) is 5.87. The van der Waals surface area contributed by atoms with Gasteiger partial charge in [-0.25, -0.2) is 13.6 Å². The highest BCUT2D eigenvalue weighted by Gasteiger charge is 2.15. The van der Waals surface area contributed by atoms with Gasteiger partial charge in [-0.3, -0.25) is 4.79 Å². The first-order valence-corrected chi connectivity index (χ1v) is 6.49. The molecule has 0 atom stereocenters. The van der Waals surface area contributed by atoms with E-state index in [0.717, 1.165) is 6.07 Å². The summed E-state index contributed by atoms with van der Waals surface area (Å²) in [5, 5.41) is 10.8. The second-order valence-corrected chi connectivity index (χ2v) is 4.95. The van der Waals surface area contributed by atoms with Crippen molar-refractivity contribution in [1.29, 1.82) is 0 Å². The molecule has 0 heterocycles. The minimum atomic E-state index is -0.953. The lowest BCUT2D eigenvalue weighted by Gasteiger charge is -2.18. The Balaban J connectivity index is 2.64. The highest BCUT2D eigenvalue weighted by Crippen LogP contribution is 2.27. The molecule has 0 aliphatic heterocycles. The third-order valence-corrected chi connectivity index (χ3v) is 3.10. The second-order valence-electron chi connectivity index (χ2n) is 4.09. The lowest BCUT2D eigenvalue weighted by molar-refractivity contribution is -0.137. The Labute approximate surface area is 122 Å². The summed E-state index contributed by atoms with van der Waals surface area (Å²) in [6.45, 7) is 0.207. The van der Waals surface area contributed by atoms with Crippen molar-refractivity contribution in [3.63, 3.8) is 0 Å². The third-order valence-electron chi connectivity index (χ3n) is 2.47. The summed E-state index contributed by atoms with van der Waals surface area (Å²) in [6.07, 6.45) is 0.221. The Hall–Kier alpha value is -1.70. The Morgan fingerprint density at radius 1 is 1.40 bits per heavy atom. The molecule has 0 unspecified atom stereocenters. The normalized spacial score (nSPS) is 10.2. The zero-order chi connectivity index (χ0) is 15.3. The molecular formula is C12H13BrF2N2O3. The number of rotatable bonds is 5. The second kappa shape index (κ2) is 7.18. The average molecular weight is 351 g/mol. The van der Waals surface area contributed by atoms with E-state index in [0.29, 0.717) is 6.07 Å². The van der Waals surface area contributed by atoms with E-state index in [9.17, 15) is 18.4 Å². The summed E-state index contributed by atoms with van der Waals surface area (Å²) in [5.74, 6) is -2.61. The molecule has 1 rings (SSSR count). The summed E-state index contributed by atoms with van der Waals surface area (Å²) in [6, 6.07) is 1.08. The van der Waals surface area contributed by atoms with Gasteiger partial charge < -0.3 is 15.3 Å². The minimum Gasteiger partial charge on any atom is -0.481 e. The van der Waals surface area contributed by atoms with Gasteiger partial charge in [0.1, 0.15) is 5.82 Å². The molecule has 20 heavy (non-hydrogen) atoms. The van der Waals surface area contributed by atoms with Gasteiger partial charge in [0.25, 0.3) is 0 Å². The predicted molar refractivity (Wildman–Crippen MR) is 72.6 cm³/mol. The molecule has 0 saturated carbocycles. The van der Waals surface area contributed by atoms with Crippen LogP contribution in [0.25, 0.3) is 0 Å². The van der Waals surface area contributed by atoms with Gasteiger partial charge in [-0.05, 0) is 28.4 Å². The summed E-state index contributed by atoms with van der Waals surface area (Å²) >= 11 is 2.96. The number of urea groups is 1. The van der Waals surface area contributed by atoms with Crippen molar-refractivity contribution < 1.29 is 23.5 Å². The predicted octanol–water partition coefficient (Wildman–Crippen LogP) is 3.06. The molecule has 0 radical (unpaired) electrons. The number of amides is 2. The van der Waals surface area contributed by atoms with Gasteiger partial charge in [-0.2, -0.15) is 0 Å². The molecule has 8 heteroatoms. The molecule has 2 amide bonds. The van der Waals surface area contributed by atoms with Gasteiger partial charge >= 0.3 is 12.0 Å². The van der Waals surface area contributed by atoms with Crippen LogP contribution < -0.4 is 5.32 Å². The number of benzene rings is 1. The first-order chi connectivity index (χ1) is 9.31. The number of hydrogen-bond donors (Lipinski definition) is 2. The number of aliphatic carboxylic acids is 1. The van der Waals surface area contributed by atoms with Crippen LogP contribution in [-0.2, 0) is 4.79 Å². The van der Waals surface area contributed by atoms with Gasteiger partial charge in [-0.1, -0.05) is 0 Å². The molecule has 110 valence electrons. The van der Waals surface area contributed by atoms with Crippen LogP contribution in [-0.4, -0.2) is 35.6 Å². The number of carboxylic acids is 1. The summed E-state index contributed by atoms with van der Waals surface area (Å²) in [4.78, 5) is 23.3. The smallest absolute Gasteiger partial charge is 0.321 e. The zero-order valence-electron chi connectivity index (χ0n) is 10.6. The topological polar surface area (TPSA) is 69.6 Å². The van der Waals surface area contributed by atoms with Crippen molar-refractivity contribution in [3.05, 3.63) is 28.2 Å². The van der Waals surface area contributed by atoms with E-state index in [1.54, 1.807) is 0 Å². The fraction of sp³-hybridized carbons (Fsp3) is 0.333. The highest BCUT2D eigenvalue weighted by atomic mass is 79.9. The summed E-state index contributed by atoms with van der Waals surface area (Å²) in [5.41, 5.74) is -0.165. The molecule has 0 fully saturated rings. The fourth-order valence-corrected chi connectivity index (χ4v) is 1.94. The van der Waals surface area contributed by atoms with Crippen LogP contribution in [0.5, 0.6) is 0 Å². The van der Waals surface area contributed by atoms with Gasteiger partial charge in [0.2, 0.25) is 0 Å². The van der Waals surface area contributed by atoms with E-state index < -0.39 is 23.6 Å². The number of carboxylic acid groups (broad SMARTS) is 1. The van der Waals surface area contributed by atoms with E-state index >= 15 is 0 Å². The van der Waals surface area contributed by atoms with Gasteiger partial charge in [0.05, 0.1) is 5.69 Å². The Morgan fingerprint density at radius 3 is 2.60 bits per heavy atom. The molecule has 0 aromatic heterocycles. The van der Waals surface area contributed by atoms with Crippen molar-refractivity contribution in [3.8, 4) is 0 Å². The largest absolute Gasteiger partial charge is 0.481 e. The van der Waals surface area contributed by atoms with E-state index in [1.807, 2.05) is 0 Å². The molecule has 0 spiro atoms. The molecule has 1 aromatic carbocycles. The lowest BCUT2D eigenvalue weighted by Crippen LogP contribution is -2.32. The molecule has 2 N–H and O–H groups in total. The number of nitrogens with one attached hydrogen (secondary N) is 1. The molecule has 5 nitrogen and oxygen atoms in total. The van der Waals surface area contributed by atoms with E-state index in [2.05, 4.69) is 21.2 Å². The average Bonchev–Trinajstić information content (AvgIpc) is 2.32. The van der Waals surface area contributed by atoms with Crippen molar-refractivity contribution >= 4 is 33.6 Å². The lowest BCUT2D eigenvalue weighted by atomic mass is 10.3. The molecule has 0 aliphatic rings. The van der Waals surface area contributed by atoms with Gasteiger partial charge in [0.15, 0.2) is 5.82 Å². The molecule has 0 bridgehead atoms. The van der Waals surface area contributed by atoms with Crippen molar-refractivity contribution in [1.82, 2.24) is 4.90 Å². The van der Waals surface area contributed by atoms with Crippen LogP contribution in [0.2, 0.25) is 0 Å². The maximum atomic E-state index is 13.5. The minimum absolute atomic E-state index is 0.0633. The van der Waals surface area contributed by atoms with E-state index in [4.69, 9.17) is 5.11 Å². The molecule has 1 aromatic rings. The fourth-order valence-electron chi connectivity index (χ4n) is 1.43. The van der Waals surface area contributed by atoms with Crippen LogP contribution in [0, 0.1) is 11.6 Å². The monoisotopic (exact) mass is 350 g/mol. The zero-order valence-corrected chi connectivity index (χ0v) is 12.2. The van der Waals surface area contributed by atoms with Crippen LogP contribution in [0.1, 0.15) is 12.8 Å². The van der Waals surface area contributed by atoms with Crippen LogP contribution >= 0.6 is 15.9 Å². The van der Waals surface area contributed by atoms with Gasteiger partial charge in [0, 0.05) is 30.6 Å². The van der Waals surface area contributed by atoms with Gasteiger partial charge in [-0.15, -0.1) is 0 Å². The SMILES string of the molecule is CN(CCCC(=O)O)C(=O)Nc1c(F)cc(F)cc1Br. The number of nitrogens with zero attached hydrogens (tertiary/aromatic N) is 1. The Morgan fingerprint density at radius 2 is 2.05 bits per heavy atom. The standard InChI is InChI=1S/C12H13BrF2N2O3/c1-17(4-2-3-10(18)19)12(20)16-11-8(13)5-7(14)6-9(11)15/h5-6H,2-4H2,1H3,(H,16,20)(H,18,19). The Bertz CT molecular complexity index is 502. The number of anilines is 1. The third kappa shape index (κ3) is 4.76. The van der Waals surface area contributed by atoms with Crippen molar-refractivity contribution in [2.45, 2.75) is 12.8 Å². The molecular weight excluding hydrogens is 338 g/mol. The maximum Gasteiger partial charge on any atom is 0.321 e. The van der Waals surface area contributed by atoms with Crippen LogP contribution in [0.4, 0.5) is 19.3 Å². The quantitative estimate of drug-likeness (QED) is 0.857. The van der Waals surface area contributed by atoms with Crippen LogP contribution in [0.15, 0.2) is 16.6 Å².